The quantitative estimate of drug-likeness (QED) is 0.548. The van der Waals surface area contributed by atoms with Gasteiger partial charge in [0.15, 0.2) is 11.5 Å². The first-order valence-electron chi connectivity index (χ1n) is 7.42. The lowest BCUT2D eigenvalue weighted by atomic mass is 10.1. The lowest BCUT2D eigenvalue weighted by Gasteiger charge is -2.24. The molecule has 0 bridgehead atoms. The highest BCUT2D eigenvalue weighted by molar-refractivity contribution is 8.00. The van der Waals surface area contributed by atoms with Crippen LogP contribution in [-0.2, 0) is 4.79 Å². The minimum Gasteiger partial charge on any atom is -0.454 e. The first kappa shape index (κ1) is 17.3. The summed E-state index contributed by atoms with van der Waals surface area (Å²) in [5.74, 6) is 0.747. The molecule has 4 rings (SSSR count). The van der Waals surface area contributed by atoms with E-state index in [9.17, 15) is 14.9 Å². The fourth-order valence-corrected chi connectivity index (χ4v) is 4.36. The van der Waals surface area contributed by atoms with Crippen LogP contribution in [0.5, 0.6) is 11.5 Å². The van der Waals surface area contributed by atoms with Gasteiger partial charge in [-0.3, -0.25) is 19.8 Å². The average Bonchev–Trinajstić information content (AvgIpc) is 3.22. The summed E-state index contributed by atoms with van der Waals surface area (Å²) in [7, 11) is 0. The van der Waals surface area contributed by atoms with E-state index >= 15 is 0 Å². The third kappa shape index (κ3) is 2.84. The average molecular weight is 413 g/mol. The van der Waals surface area contributed by atoms with Gasteiger partial charge in [-0.25, -0.2) is 0 Å². The highest BCUT2D eigenvalue weighted by Gasteiger charge is 2.39. The van der Waals surface area contributed by atoms with Gasteiger partial charge >= 0.3 is 0 Å². The summed E-state index contributed by atoms with van der Waals surface area (Å²) >= 11 is 13.3. The molecule has 1 saturated heterocycles. The molecule has 2 aliphatic heterocycles. The topological polar surface area (TPSA) is 81.9 Å². The number of fused-ring (bicyclic) bond motifs is 1. The molecule has 2 aliphatic rings. The number of hydrogen-bond acceptors (Lipinski definition) is 6. The maximum absolute atomic E-state index is 12.5. The predicted molar refractivity (Wildman–Crippen MR) is 98.4 cm³/mol. The molecule has 0 saturated carbocycles. The van der Waals surface area contributed by atoms with Gasteiger partial charge in [-0.1, -0.05) is 23.2 Å². The highest BCUT2D eigenvalue weighted by atomic mass is 35.5. The fourth-order valence-electron chi connectivity index (χ4n) is 2.87. The van der Waals surface area contributed by atoms with Crippen molar-refractivity contribution in [1.29, 1.82) is 0 Å². The molecule has 0 N–H and O–H groups in total. The highest BCUT2D eigenvalue weighted by Crippen LogP contribution is 2.49. The Labute approximate surface area is 161 Å². The lowest BCUT2D eigenvalue weighted by Crippen LogP contribution is -2.28. The maximum atomic E-state index is 12.5. The number of carbonyl (C=O) groups excluding carboxylic acids is 1. The number of benzene rings is 2. The van der Waals surface area contributed by atoms with Crippen LogP contribution >= 0.6 is 35.0 Å². The molecule has 1 atom stereocenters. The number of rotatable bonds is 3. The Morgan fingerprint density at radius 1 is 1.15 bits per heavy atom. The van der Waals surface area contributed by atoms with Gasteiger partial charge in [0.1, 0.15) is 5.37 Å². The number of amides is 1. The van der Waals surface area contributed by atoms with E-state index in [2.05, 4.69) is 0 Å². The molecule has 0 spiro atoms. The van der Waals surface area contributed by atoms with Gasteiger partial charge in [-0.05, 0) is 24.3 Å². The van der Waals surface area contributed by atoms with Crippen molar-refractivity contribution in [3.8, 4) is 11.5 Å². The number of thioether (sulfide) groups is 1. The minimum atomic E-state index is -0.588. The second-order valence-electron chi connectivity index (χ2n) is 5.55. The van der Waals surface area contributed by atoms with Gasteiger partial charge in [0, 0.05) is 5.69 Å². The molecule has 2 aromatic rings. The zero-order valence-electron chi connectivity index (χ0n) is 13.0. The molecule has 0 radical (unpaired) electrons. The fraction of sp³-hybridized carbons (Fsp3) is 0.188. The van der Waals surface area contributed by atoms with Crippen molar-refractivity contribution < 1.29 is 19.2 Å². The van der Waals surface area contributed by atoms with Gasteiger partial charge in [-0.2, -0.15) is 0 Å². The summed E-state index contributed by atoms with van der Waals surface area (Å²) in [5, 5.41) is 11.6. The summed E-state index contributed by atoms with van der Waals surface area (Å²) in [5.41, 5.74) is 0.749. The van der Waals surface area contributed by atoms with E-state index in [1.54, 1.807) is 24.3 Å². The normalized spacial score (nSPS) is 18.5. The van der Waals surface area contributed by atoms with Crippen molar-refractivity contribution in [2.24, 2.45) is 0 Å². The third-order valence-corrected chi connectivity index (χ3v) is 5.97. The molecule has 0 aromatic heterocycles. The van der Waals surface area contributed by atoms with Gasteiger partial charge in [0.25, 0.3) is 5.69 Å². The number of nitro benzene ring substituents is 1. The number of carbonyl (C=O) groups is 1. The Morgan fingerprint density at radius 2 is 1.88 bits per heavy atom. The Balaban J connectivity index is 1.82. The SMILES string of the molecule is O=C1CSC(c2cc3c(cc2[N+](=O)[O-])OCO3)N1c1ccc(Cl)c(Cl)c1. The summed E-state index contributed by atoms with van der Waals surface area (Å²) in [6, 6.07) is 7.69. The molecular weight excluding hydrogens is 403 g/mol. The van der Waals surface area contributed by atoms with E-state index in [0.717, 1.165) is 0 Å². The predicted octanol–water partition coefficient (Wildman–Crippen LogP) is 4.41. The van der Waals surface area contributed by atoms with E-state index in [0.29, 0.717) is 32.8 Å². The molecule has 0 aliphatic carbocycles. The Kier molecular flexibility index (Phi) is 4.34. The zero-order valence-corrected chi connectivity index (χ0v) is 15.3. The molecule has 26 heavy (non-hydrogen) atoms. The number of nitro groups is 1. The van der Waals surface area contributed by atoms with Crippen molar-refractivity contribution >= 4 is 52.2 Å². The number of hydrogen-bond donors (Lipinski definition) is 0. The van der Waals surface area contributed by atoms with Crippen LogP contribution in [0.4, 0.5) is 11.4 Å². The van der Waals surface area contributed by atoms with E-state index in [1.165, 1.54) is 22.7 Å². The monoisotopic (exact) mass is 412 g/mol. The van der Waals surface area contributed by atoms with Gasteiger partial charge in [0.05, 0.1) is 32.4 Å². The molecule has 1 fully saturated rings. The van der Waals surface area contributed by atoms with Crippen LogP contribution in [0.3, 0.4) is 0 Å². The van der Waals surface area contributed by atoms with Gasteiger partial charge in [0.2, 0.25) is 12.7 Å². The van der Waals surface area contributed by atoms with Crippen molar-refractivity contribution in [2.75, 3.05) is 17.4 Å². The first-order valence-corrected chi connectivity index (χ1v) is 9.23. The molecular formula is C16H10Cl2N2O5S. The molecule has 2 aromatic carbocycles. The number of nitrogens with zero attached hydrogens (tertiary/aromatic N) is 2. The smallest absolute Gasteiger partial charge is 0.279 e. The molecule has 134 valence electrons. The lowest BCUT2D eigenvalue weighted by molar-refractivity contribution is -0.385. The second-order valence-corrected chi connectivity index (χ2v) is 7.43. The minimum absolute atomic E-state index is 0.00316. The zero-order chi connectivity index (χ0) is 18.4. The summed E-state index contributed by atoms with van der Waals surface area (Å²) in [6.45, 7) is 0.00316. The number of ether oxygens (including phenoxy) is 2. The number of halogens is 2. The summed E-state index contributed by atoms with van der Waals surface area (Å²) in [6.07, 6.45) is 0. The maximum Gasteiger partial charge on any atom is 0.279 e. The first-order chi connectivity index (χ1) is 12.5. The van der Waals surface area contributed by atoms with E-state index in [-0.39, 0.29) is 24.1 Å². The van der Waals surface area contributed by atoms with Crippen molar-refractivity contribution in [3.63, 3.8) is 0 Å². The largest absolute Gasteiger partial charge is 0.454 e. The standard InChI is InChI=1S/C16H10Cl2N2O5S/c17-10-2-1-8(3-11(10)18)19-15(21)6-26-16(19)9-4-13-14(25-7-24-13)5-12(9)20(22)23/h1-5,16H,6-7H2. The van der Waals surface area contributed by atoms with Crippen LogP contribution in [-0.4, -0.2) is 23.4 Å². The van der Waals surface area contributed by atoms with Gasteiger partial charge in [-0.15, -0.1) is 11.8 Å². The van der Waals surface area contributed by atoms with E-state index in [1.807, 2.05) is 0 Å². The molecule has 7 nitrogen and oxygen atoms in total. The van der Waals surface area contributed by atoms with E-state index in [4.69, 9.17) is 32.7 Å². The van der Waals surface area contributed by atoms with Crippen LogP contribution in [0, 0.1) is 10.1 Å². The van der Waals surface area contributed by atoms with E-state index < -0.39 is 10.3 Å². The number of anilines is 1. The molecule has 1 unspecified atom stereocenters. The van der Waals surface area contributed by atoms with Crippen molar-refractivity contribution in [1.82, 2.24) is 0 Å². The van der Waals surface area contributed by atoms with Crippen LogP contribution in [0.2, 0.25) is 10.0 Å². The Hall–Kier alpha value is -2.16. The van der Waals surface area contributed by atoms with Crippen LogP contribution < -0.4 is 14.4 Å². The van der Waals surface area contributed by atoms with Crippen LogP contribution in [0.25, 0.3) is 0 Å². The van der Waals surface area contributed by atoms with Crippen LogP contribution in [0.15, 0.2) is 30.3 Å². The summed E-state index contributed by atoms with van der Waals surface area (Å²) in [4.78, 5) is 25.0. The molecule has 2 heterocycles. The Bertz CT molecular complexity index is 939. The van der Waals surface area contributed by atoms with Crippen molar-refractivity contribution in [2.45, 2.75) is 5.37 Å². The summed E-state index contributed by atoms with van der Waals surface area (Å²) < 4.78 is 10.6. The van der Waals surface area contributed by atoms with Gasteiger partial charge < -0.3 is 9.47 Å². The molecule has 1 amide bonds. The van der Waals surface area contributed by atoms with Crippen LogP contribution in [0.1, 0.15) is 10.9 Å². The molecule has 10 heteroatoms. The third-order valence-electron chi connectivity index (χ3n) is 4.03. The van der Waals surface area contributed by atoms with Crippen molar-refractivity contribution in [3.05, 3.63) is 56.1 Å². The Morgan fingerprint density at radius 3 is 2.58 bits per heavy atom. The second kappa shape index (κ2) is 6.53.